The number of carbonyl (C=O) groups excluding carboxylic acids is 1. The van der Waals surface area contributed by atoms with Crippen LogP contribution in [-0.2, 0) is 13.0 Å². The van der Waals surface area contributed by atoms with Crippen molar-refractivity contribution < 1.29 is 4.79 Å². The summed E-state index contributed by atoms with van der Waals surface area (Å²) in [6, 6.07) is 18.2. The first kappa shape index (κ1) is 14.1. The molecule has 0 saturated heterocycles. The van der Waals surface area contributed by atoms with Gasteiger partial charge in [0.2, 0.25) is 0 Å². The summed E-state index contributed by atoms with van der Waals surface area (Å²) in [4.78, 5) is 11.7. The molecule has 0 atom stereocenters. The van der Waals surface area contributed by atoms with Crippen LogP contribution in [0.3, 0.4) is 0 Å². The van der Waals surface area contributed by atoms with E-state index in [2.05, 4.69) is 22.8 Å². The average molecular weight is 268 g/mol. The number of hydrogen-bond donors (Lipinski definition) is 2. The molecule has 0 aromatic heterocycles. The predicted molar refractivity (Wildman–Crippen MR) is 81.6 cm³/mol. The van der Waals surface area contributed by atoms with E-state index in [1.54, 1.807) is 0 Å². The van der Waals surface area contributed by atoms with E-state index in [1.165, 1.54) is 11.1 Å². The van der Waals surface area contributed by atoms with Gasteiger partial charge in [-0.05, 0) is 24.5 Å². The predicted octanol–water partition coefficient (Wildman–Crippen LogP) is 3.04. The van der Waals surface area contributed by atoms with Crippen molar-refractivity contribution in [3.05, 3.63) is 71.3 Å². The van der Waals surface area contributed by atoms with Crippen LogP contribution in [0.1, 0.15) is 16.7 Å². The Morgan fingerprint density at radius 1 is 0.900 bits per heavy atom. The molecule has 0 heterocycles. The van der Waals surface area contributed by atoms with Crippen LogP contribution in [0, 0.1) is 6.92 Å². The van der Waals surface area contributed by atoms with Crippen LogP contribution in [0.15, 0.2) is 54.6 Å². The highest BCUT2D eigenvalue weighted by Gasteiger charge is 2.00. The maximum atomic E-state index is 11.7. The molecule has 0 radical (unpaired) electrons. The Bertz CT molecular complexity index is 535. The van der Waals surface area contributed by atoms with Gasteiger partial charge in [0, 0.05) is 13.1 Å². The van der Waals surface area contributed by atoms with E-state index in [9.17, 15) is 4.79 Å². The Hall–Kier alpha value is -2.29. The van der Waals surface area contributed by atoms with Gasteiger partial charge in [-0.3, -0.25) is 0 Å². The molecule has 2 aromatic rings. The second-order valence-electron chi connectivity index (χ2n) is 4.83. The molecule has 0 saturated carbocycles. The van der Waals surface area contributed by atoms with Crippen LogP contribution >= 0.6 is 0 Å². The van der Waals surface area contributed by atoms with Gasteiger partial charge in [-0.25, -0.2) is 4.79 Å². The molecular weight excluding hydrogens is 248 g/mol. The fraction of sp³-hybridized carbons (Fsp3) is 0.235. The number of urea groups is 1. The molecule has 0 unspecified atom stereocenters. The van der Waals surface area contributed by atoms with E-state index in [0.717, 1.165) is 12.0 Å². The average Bonchev–Trinajstić information content (AvgIpc) is 2.48. The second-order valence-corrected chi connectivity index (χ2v) is 4.83. The van der Waals surface area contributed by atoms with Gasteiger partial charge in [0.1, 0.15) is 0 Å². The lowest BCUT2D eigenvalue weighted by atomic mass is 10.1. The van der Waals surface area contributed by atoms with Crippen molar-refractivity contribution in [2.24, 2.45) is 0 Å². The van der Waals surface area contributed by atoms with E-state index < -0.39 is 0 Å². The lowest BCUT2D eigenvalue weighted by molar-refractivity contribution is 0.240. The fourth-order valence-corrected chi connectivity index (χ4v) is 1.92. The first-order valence-electron chi connectivity index (χ1n) is 6.85. The maximum absolute atomic E-state index is 11.7. The Kier molecular flexibility index (Phi) is 5.18. The third-order valence-electron chi connectivity index (χ3n) is 3.12. The van der Waals surface area contributed by atoms with Crippen molar-refractivity contribution in [1.29, 1.82) is 0 Å². The highest BCUT2D eigenvalue weighted by atomic mass is 16.2. The van der Waals surface area contributed by atoms with Crippen molar-refractivity contribution in [2.75, 3.05) is 6.54 Å². The molecule has 0 aliphatic rings. The lowest BCUT2D eigenvalue weighted by Gasteiger charge is -2.08. The molecule has 2 amide bonds. The standard InChI is InChI=1S/C17H20N2O/c1-14-7-9-16(10-8-14)13-19-17(20)18-12-11-15-5-3-2-4-6-15/h2-10H,11-13H2,1H3,(H2,18,19,20). The van der Waals surface area contributed by atoms with E-state index in [-0.39, 0.29) is 6.03 Å². The zero-order valence-electron chi connectivity index (χ0n) is 11.7. The number of carbonyl (C=O) groups is 1. The molecule has 2 rings (SSSR count). The number of amides is 2. The SMILES string of the molecule is Cc1ccc(CNC(=O)NCCc2ccccc2)cc1. The lowest BCUT2D eigenvalue weighted by Crippen LogP contribution is -2.36. The van der Waals surface area contributed by atoms with Crippen LogP contribution in [0.2, 0.25) is 0 Å². The van der Waals surface area contributed by atoms with E-state index in [0.29, 0.717) is 13.1 Å². The normalized spacial score (nSPS) is 10.1. The summed E-state index contributed by atoms with van der Waals surface area (Å²) in [7, 11) is 0. The van der Waals surface area contributed by atoms with Gasteiger partial charge in [0.25, 0.3) is 0 Å². The van der Waals surface area contributed by atoms with Gasteiger partial charge in [-0.2, -0.15) is 0 Å². The first-order chi connectivity index (χ1) is 9.74. The van der Waals surface area contributed by atoms with Gasteiger partial charge in [0.05, 0.1) is 0 Å². The third-order valence-corrected chi connectivity index (χ3v) is 3.12. The van der Waals surface area contributed by atoms with Gasteiger partial charge >= 0.3 is 6.03 Å². The van der Waals surface area contributed by atoms with E-state index in [4.69, 9.17) is 0 Å². The minimum Gasteiger partial charge on any atom is -0.338 e. The van der Waals surface area contributed by atoms with Crippen molar-refractivity contribution in [3.8, 4) is 0 Å². The highest BCUT2D eigenvalue weighted by Crippen LogP contribution is 2.02. The van der Waals surface area contributed by atoms with Crippen LogP contribution < -0.4 is 10.6 Å². The first-order valence-corrected chi connectivity index (χ1v) is 6.85. The largest absolute Gasteiger partial charge is 0.338 e. The molecule has 20 heavy (non-hydrogen) atoms. The summed E-state index contributed by atoms with van der Waals surface area (Å²) in [5, 5.41) is 5.72. The quantitative estimate of drug-likeness (QED) is 0.860. The second kappa shape index (κ2) is 7.34. The van der Waals surface area contributed by atoms with Crippen molar-refractivity contribution in [2.45, 2.75) is 19.9 Å². The van der Waals surface area contributed by atoms with Gasteiger partial charge in [0.15, 0.2) is 0 Å². The van der Waals surface area contributed by atoms with E-state index in [1.807, 2.05) is 49.4 Å². The molecule has 0 aliphatic heterocycles. The molecule has 104 valence electrons. The zero-order valence-corrected chi connectivity index (χ0v) is 11.7. The summed E-state index contributed by atoms with van der Waals surface area (Å²) in [6.45, 7) is 3.24. The third kappa shape index (κ3) is 4.76. The minimum absolute atomic E-state index is 0.124. The molecule has 0 spiro atoms. The molecule has 3 heteroatoms. The summed E-state index contributed by atoms with van der Waals surface area (Å²) in [6.07, 6.45) is 0.846. The number of nitrogens with one attached hydrogen (secondary N) is 2. The van der Waals surface area contributed by atoms with E-state index >= 15 is 0 Å². The van der Waals surface area contributed by atoms with Gasteiger partial charge < -0.3 is 10.6 Å². The Morgan fingerprint density at radius 3 is 2.30 bits per heavy atom. The molecular formula is C17H20N2O. The molecule has 2 N–H and O–H groups in total. The van der Waals surface area contributed by atoms with Crippen LogP contribution in [0.5, 0.6) is 0 Å². The zero-order chi connectivity index (χ0) is 14.2. The fourth-order valence-electron chi connectivity index (χ4n) is 1.92. The Morgan fingerprint density at radius 2 is 1.60 bits per heavy atom. The molecule has 0 bridgehead atoms. The maximum Gasteiger partial charge on any atom is 0.315 e. The van der Waals surface area contributed by atoms with Crippen molar-refractivity contribution in [1.82, 2.24) is 10.6 Å². The monoisotopic (exact) mass is 268 g/mol. The van der Waals surface area contributed by atoms with Crippen molar-refractivity contribution >= 4 is 6.03 Å². The van der Waals surface area contributed by atoms with Gasteiger partial charge in [-0.1, -0.05) is 60.2 Å². The molecule has 0 aliphatic carbocycles. The molecule has 3 nitrogen and oxygen atoms in total. The minimum atomic E-state index is -0.124. The van der Waals surface area contributed by atoms with Crippen LogP contribution in [0.25, 0.3) is 0 Å². The summed E-state index contributed by atoms with van der Waals surface area (Å²) < 4.78 is 0. The number of aryl methyl sites for hydroxylation is 1. The molecule has 2 aromatic carbocycles. The molecule has 0 fully saturated rings. The highest BCUT2D eigenvalue weighted by molar-refractivity contribution is 5.73. The number of rotatable bonds is 5. The van der Waals surface area contributed by atoms with Crippen LogP contribution in [-0.4, -0.2) is 12.6 Å². The Balaban J connectivity index is 1.67. The van der Waals surface area contributed by atoms with Crippen LogP contribution in [0.4, 0.5) is 4.79 Å². The topological polar surface area (TPSA) is 41.1 Å². The smallest absolute Gasteiger partial charge is 0.315 e. The number of benzene rings is 2. The summed E-state index contributed by atoms with van der Waals surface area (Å²) in [5.41, 5.74) is 3.56. The Labute approximate surface area is 120 Å². The summed E-state index contributed by atoms with van der Waals surface area (Å²) >= 11 is 0. The number of hydrogen-bond acceptors (Lipinski definition) is 1. The van der Waals surface area contributed by atoms with Gasteiger partial charge in [-0.15, -0.1) is 0 Å². The summed E-state index contributed by atoms with van der Waals surface area (Å²) in [5.74, 6) is 0. The van der Waals surface area contributed by atoms with Crippen molar-refractivity contribution in [3.63, 3.8) is 0 Å².